The van der Waals surface area contributed by atoms with Gasteiger partial charge in [-0.05, 0) is 29.8 Å². The van der Waals surface area contributed by atoms with Gasteiger partial charge in [0.1, 0.15) is 6.07 Å². The number of hydrogen-bond acceptors (Lipinski definition) is 3. The minimum Gasteiger partial charge on any atom is -0.481 e. The van der Waals surface area contributed by atoms with Crippen LogP contribution in [0.3, 0.4) is 0 Å². The highest BCUT2D eigenvalue weighted by Gasteiger charge is 2.08. The molecule has 0 amide bonds. The van der Waals surface area contributed by atoms with Crippen molar-refractivity contribution in [3.05, 3.63) is 58.6 Å². The van der Waals surface area contributed by atoms with Gasteiger partial charge in [0.2, 0.25) is 0 Å². The summed E-state index contributed by atoms with van der Waals surface area (Å²) in [7, 11) is 0. The molecule has 1 N–H and O–H groups in total. The van der Waals surface area contributed by atoms with Crippen molar-refractivity contribution in [2.24, 2.45) is 0 Å². The topological polar surface area (TPSA) is 61.1 Å². The van der Waals surface area contributed by atoms with Crippen LogP contribution in [-0.2, 0) is 11.2 Å². The summed E-state index contributed by atoms with van der Waals surface area (Å²) < 4.78 is 0. The second-order valence-electron chi connectivity index (χ2n) is 4.04. The van der Waals surface area contributed by atoms with E-state index in [9.17, 15) is 4.79 Å². The monoisotopic (exact) mass is 303 g/mol. The molecule has 0 atom stereocenters. The molecule has 0 aliphatic rings. The Bertz CT molecular complexity index is 677. The first-order chi connectivity index (χ1) is 9.60. The third-order valence-electron chi connectivity index (χ3n) is 2.59. The van der Waals surface area contributed by atoms with Crippen LogP contribution in [0.1, 0.15) is 11.1 Å². The Hall–Kier alpha value is -1.96. The van der Waals surface area contributed by atoms with Crippen molar-refractivity contribution in [1.29, 1.82) is 5.26 Å². The largest absolute Gasteiger partial charge is 0.481 e. The zero-order chi connectivity index (χ0) is 14.5. The highest BCUT2D eigenvalue weighted by molar-refractivity contribution is 7.99. The molecule has 100 valence electrons. The molecule has 0 saturated carbocycles. The smallest absolute Gasteiger partial charge is 0.307 e. The van der Waals surface area contributed by atoms with E-state index in [-0.39, 0.29) is 6.42 Å². The van der Waals surface area contributed by atoms with Crippen LogP contribution in [-0.4, -0.2) is 11.1 Å². The molecule has 0 aliphatic carbocycles. The number of aliphatic carboxylic acids is 1. The van der Waals surface area contributed by atoms with E-state index in [0.29, 0.717) is 10.6 Å². The van der Waals surface area contributed by atoms with Gasteiger partial charge in [-0.15, -0.1) is 0 Å². The van der Waals surface area contributed by atoms with Crippen molar-refractivity contribution in [2.45, 2.75) is 16.2 Å². The SMILES string of the molecule is N#Cc1c(Cl)cccc1Sc1ccc(CC(=O)O)cc1. The lowest BCUT2D eigenvalue weighted by Crippen LogP contribution is -1.99. The maximum Gasteiger partial charge on any atom is 0.307 e. The summed E-state index contributed by atoms with van der Waals surface area (Å²) in [5.74, 6) is -0.855. The average Bonchev–Trinajstić information content (AvgIpc) is 2.41. The van der Waals surface area contributed by atoms with Gasteiger partial charge in [-0.1, -0.05) is 41.6 Å². The molecule has 2 aromatic carbocycles. The summed E-state index contributed by atoms with van der Waals surface area (Å²) in [6.45, 7) is 0. The van der Waals surface area contributed by atoms with Crippen molar-refractivity contribution >= 4 is 29.3 Å². The first kappa shape index (κ1) is 14.4. The van der Waals surface area contributed by atoms with Crippen LogP contribution < -0.4 is 0 Å². The molecule has 20 heavy (non-hydrogen) atoms. The molecular weight excluding hydrogens is 294 g/mol. The minimum absolute atomic E-state index is 0.00551. The Morgan fingerprint density at radius 1 is 1.25 bits per heavy atom. The van der Waals surface area contributed by atoms with Gasteiger partial charge in [0, 0.05) is 9.79 Å². The summed E-state index contributed by atoms with van der Waals surface area (Å²) in [5.41, 5.74) is 1.20. The standard InChI is InChI=1S/C15H10ClNO2S/c16-13-2-1-3-14(12(13)9-17)20-11-6-4-10(5-7-11)8-15(18)19/h1-7H,8H2,(H,18,19). The fourth-order valence-electron chi connectivity index (χ4n) is 1.67. The van der Waals surface area contributed by atoms with Crippen molar-refractivity contribution in [3.8, 4) is 6.07 Å². The number of halogens is 1. The maximum absolute atomic E-state index is 10.6. The normalized spacial score (nSPS) is 10.0. The van der Waals surface area contributed by atoms with E-state index >= 15 is 0 Å². The molecular formula is C15H10ClNO2S. The van der Waals surface area contributed by atoms with Crippen LogP contribution in [0.25, 0.3) is 0 Å². The van der Waals surface area contributed by atoms with Crippen molar-refractivity contribution < 1.29 is 9.90 Å². The van der Waals surface area contributed by atoms with Crippen LogP contribution in [0.2, 0.25) is 5.02 Å². The Kier molecular flexibility index (Phi) is 4.67. The number of hydrogen-bond donors (Lipinski definition) is 1. The van der Waals surface area contributed by atoms with Gasteiger partial charge in [0.15, 0.2) is 0 Å². The van der Waals surface area contributed by atoms with E-state index in [4.69, 9.17) is 22.0 Å². The predicted molar refractivity (Wildman–Crippen MR) is 78.1 cm³/mol. The number of carboxylic acids is 1. The van der Waals surface area contributed by atoms with Crippen LogP contribution in [0.5, 0.6) is 0 Å². The number of carbonyl (C=O) groups is 1. The molecule has 0 heterocycles. The molecule has 2 rings (SSSR count). The number of nitriles is 1. The zero-order valence-electron chi connectivity index (χ0n) is 10.3. The van der Waals surface area contributed by atoms with Gasteiger partial charge in [-0.25, -0.2) is 0 Å². The first-order valence-corrected chi connectivity index (χ1v) is 6.97. The first-order valence-electron chi connectivity index (χ1n) is 5.77. The van der Waals surface area contributed by atoms with Gasteiger partial charge < -0.3 is 5.11 Å². The number of nitrogens with zero attached hydrogens (tertiary/aromatic N) is 1. The molecule has 0 fully saturated rings. The van der Waals surface area contributed by atoms with E-state index in [2.05, 4.69) is 6.07 Å². The maximum atomic E-state index is 10.6. The molecule has 2 aromatic rings. The predicted octanol–water partition coefficient (Wildman–Crippen LogP) is 3.99. The molecule has 5 heteroatoms. The minimum atomic E-state index is -0.855. The van der Waals surface area contributed by atoms with E-state index < -0.39 is 5.97 Å². The third-order valence-corrected chi connectivity index (χ3v) is 3.98. The zero-order valence-corrected chi connectivity index (χ0v) is 11.9. The summed E-state index contributed by atoms with van der Waals surface area (Å²) in [6.07, 6.45) is 0.00551. The van der Waals surface area contributed by atoms with Crippen LogP contribution in [0, 0.1) is 11.3 Å². The summed E-state index contributed by atoms with van der Waals surface area (Å²) in [4.78, 5) is 12.3. The lowest BCUT2D eigenvalue weighted by atomic mass is 10.2. The number of rotatable bonds is 4. The molecule has 0 aliphatic heterocycles. The third kappa shape index (κ3) is 3.53. The van der Waals surface area contributed by atoms with Crippen LogP contribution >= 0.6 is 23.4 Å². The Morgan fingerprint density at radius 2 is 1.95 bits per heavy atom. The van der Waals surface area contributed by atoms with Gasteiger partial charge in [-0.3, -0.25) is 4.79 Å². The summed E-state index contributed by atoms with van der Waals surface area (Å²) >= 11 is 7.40. The lowest BCUT2D eigenvalue weighted by molar-refractivity contribution is -0.136. The molecule has 3 nitrogen and oxygen atoms in total. The van der Waals surface area contributed by atoms with Crippen molar-refractivity contribution in [1.82, 2.24) is 0 Å². The van der Waals surface area contributed by atoms with Crippen LogP contribution in [0.15, 0.2) is 52.3 Å². The molecule has 0 aromatic heterocycles. The number of benzene rings is 2. The Balaban J connectivity index is 2.21. The fourth-order valence-corrected chi connectivity index (χ4v) is 2.88. The van der Waals surface area contributed by atoms with Crippen LogP contribution in [0.4, 0.5) is 0 Å². The van der Waals surface area contributed by atoms with E-state index in [1.807, 2.05) is 18.2 Å². The van der Waals surface area contributed by atoms with Gasteiger partial charge in [0.25, 0.3) is 0 Å². The second-order valence-corrected chi connectivity index (χ2v) is 5.56. The van der Waals surface area contributed by atoms with Gasteiger partial charge in [-0.2, -0.15) is 5.26 Å². The van der Waals surface area contributed by atoms with E-state index in [1.165, 1.54) is 11.8 Å². The highest BCUT2D eigenvalue weighted by Crippen LogP contribution is 2.33. The molecule has 0 spiro atoms. The average molecular weight is 304 g/mol. The van der Waals surface area contributed by atoms with Gasteiger partial charge in [0.05, 0.1) is 17.0 Å². The summed E-state index contributed by atoms with van der Waals surface area (Å²) in [5, 5.41) is 18.3. The molecule has 0 unspecified atom stereocenters. The summed E-state index contributed by atoms with van der Waals surface area (Å²) in [6, 6.07) is 14.6. The molecule has 0 saturated heterocycles. The highest BCUT2D eigenvalue weighted by atomic mass is 35.5. The molecule has 0 radical (unpaired) electrons. The number of carboxylic acid groups (broad SMARTS) is 1. The molecule has 0 bridgehead atoms. The van der Waals surface area contributed by atoms with Crippen molar-refractivity contribution in [3.63, 3.8) is 0 Å². The quantitative estimate of drug-likeness (QED) is 0.927. The van der Waals surface area contributed by atoms with Crippen molar-refractivity contribution in [2.75, 3.05) is 0 Å². The Labute approximate surface area is 125 Å². The van der Waals surface area contributed by atoms with E-state index in [0.717, 1.165) is 15.4 Å². The Morgan fingerprint density at radius 3 is 2.55 bits per heavy atom. The lowest BCUT2D eigenvalue weighted by Gasteiger charge is -2.06. The van der Waals surface area contributed by atoms with E-state index in [1.54, 1.807) is 24.3 Å². The fraction of sp³-hybridized carbons (Fsp3) is 0.0667. The van der Waals surface area contributed by atoms with Gasteiger partial charge >= 0.3 is 5.97 Å². The second kappa shape index (κ2) is 6.47.